The molecular weight excluding hydrogens is 308 g/mol. The number of carbonyl (C=O) groups excluding carboxylic acids is 2. The van der Waals surface area contributed by atoms with Crippen LogP contribution in [0.2, 0.25) is 0 Å². The van der Waals surface area contributed by atoms with Gasteiger partial charge in [-0.25, -0.2) is 19.5 Å². The Morgan fingerprint density at radius 1 is 1.55 bits per heavy atom. The number of quaternary nitrogens is 1. The highest BCUT2D eigenvalue weighted by molar-refractivity contribution is 7.14. The number of anilines is 1. The first-order valence-electron chi connectivity index (χ1n) is 7.10. The number of thiazole rings is 1. The zero-order valence-electron chi connectivity index (χ0n) is 12.4. The first kappa shape index (κ1) is 15.3. The third-order valence-electron chi connectivity index (χ3n) is 3.98. The normalized spacial score (nSPS) is 29.0. The van der Waals surface area contributed by atoms with Gasteiger partial charge >= 0.3 is 12.0 Å². The van der Waals surface area contributed by atoms with E-state index in [4.69, 9.17) is 15.2 Å². The fourth-order valence-electron chi connectivity index (χ4n) is 2.52. The van der Waals surface area contributed by atoms with Gasteiger partial charge in [-0.3, -0.25) is 4.48 Å². The van der Waals surface area contributed by atoms with Gasteiger partial charge in [0.25, 0.3) is 0 Å². The van der Waals surface area contributed by atoms with Crippen LogP contribution in [0.25, 0.3) is 0 Å². The smallest absolute Gasteiger partial charge is 0.416 e. The van der Waals surface area contributed by atoms with Crippen molar-refractivity contribution in [3.63, 3.8) is 0 Å². The minimum absolute atomic E-state index is 0.0459. The Kier molecular flexibility index (Phi) is 4.13. The monoisotopic (exact) mass is 327 g/mol. The standard InChI is InChI=1S/C13H19N4O4S/c1-17(2-3-20-7-11(17)18)6-9-8-22-12(15-9)16-5-10(4-14)21-13(16)19/h8,10H,2-7,14H2,1H3/q+1/t10-,17?/m0/s1. The molecule has 3 rings (SSSR count). The van der Waals surface area contributed by atoms with Gasteiger partial charge in [0.2, 0.25) is 0 Å². The van der Waals surface area contributed by atoms with Crippen molar-refractivity contribution in [1.82, 2.24) is 4.98 Å². The van der Waals surface area contributed by atoms with Crippen molar-refractivity contribution < 1.29 is 23.5 Å². The van der Waals surface area contributed by atoms with Crippen molar-refractivity contribution in [3.05, 3.63) is 11.1 Å². The molecule has 1 aromatic rings. The molecule has 0 spiro atoms. The van der Waals surface area contributed by atoms with Crippen LogP contribution >= 0.6 is 11.3 Å². The Hall–Kier alpha value is -1.55. The fraction of sp³-hybridized carbons (Fsp3) is 0.615. The summed E-state index contributed by atoms with van der Waals surface area (Å²) in [5.74, 6) is 0.0459. The van der Waals surface area contributed by atoms with Crippen LogP contribution < -0.4 is 10.6 Å². The molecule has 22 heavy (non-hydrogen) atoms. The summed E-state index contributed by atoms with van der Waals surface area (Å²) in [5.41, 5.74) is 6.32. The summed E-state index contributed by atoms with van der Waals surface area (Å²) in [5, 5.41) is 2.47. The van der Waals surface area contributed by atoms with Crippen LogP contribution in [0.3, 0.4) is 0 Å². The molecule has 2 atom stereocenters. The predicted molar refractivity (Wildman–Crippen MR) is 79.4 cm³/mol. The lowest BCUT2D eigenvalue weighted by molar-refractivity contribution is -0.854. The molecule has 2 aliphatic heterocycles. The minimum atomic E-state index is -0.417. The number of hydrogen-bond donors (Lipinski definition) is 1. The van der Waals surface area contributed by atoms with Gasteiger partial charge in [0.15, 0.2) is 11.7 Å². The lowest BCUT2D eigenvalue weighted by Gasteiger charge is -2.33. The van der Waals surface area contributed by atoms with Gasteiger partial charge in [0.05, 0.1) is 20.2 Å². The number of nitrogens with zero attached hydrogens (tertiary/aromatic N) is 3. The van der Waals surface area contributed by atoms with E-state index in [-0.39, 0.29) is 23.1 Å². The quantitative estimate of drug-likeness (QED) is 0.778. The number of rotatable bonds is 4. The van der Waals surface area contributed by atoms with Gasteiger partial charge < -0.3 is 15.2 Å². The molecule has 1 unspecified atom stereocenters. The molecule has 8 nitrogen and oxygen atoms in total. The molecule has 0 saturated carbocycles. The SMILES string of the molecule is C[N+]1(Cc2csc(N3C[C@H](CN)OC3=O)n2)CCOCC1=O. The third-order valence-corrected chi connectivity index (χ3v) is 4.89. The number of morpholine rings is 1. The van der Waals surface area contributed by atoms with Crippen molar-refractivity contribution in [2.45, 2.75) is 12.6 Å². The van der Waals surface area contributed by atoms with Gasteiger partial charge in [-0.2, -0.15) is 0 Å². The van der Waals surface area contributed by atoms with Crippen LogP contribution in [0.1, 0.15) is 5.69 Å². The summed E-state index contributed by atoms with van der Waals surface area (Å²) in [6.07, 6.45) is -0.704. The van der Waals surface area contributed by atoms with Gasteiger partial charge in [0.1, 0.15) is 24.9 Å². The van der Waals surface area contributed by atoms with Gasteiger partial charge in [0, 0.05) is 11.9 Å². The number of amides is 2. The Balaban J connectivity index is 1.71. The van der Waals surface area contributed by atoms with E-state index in [1.807, 2.05) is 12.4 Å². The van der Waals surface area contributed by atoms with Crippen molar-refractivity contribution >= 4 is 28.5 Å². The Morgan fingerprint density at radius 3 is 3.05 bits per heavy atom. The molecule has 2 saturated heterocycles. The van der Waals surface area contributed by atoms with E-state index in [9.17, 15) is 9.59 Å². The number of aromatic nitrogens is 1. The molecule has 2 N–H and O–H groups in total. The molecule has 9 heteroatoms. The Morgan fingerprint density at radius 2 is 2.36 bits per heavy atom. The molecule has 120 valence electrons. The summed E-state index contributed by atoms with van der Waals surface area (Å²) in [4.78, 5) is 29.8. The first-order valence-corrected chi connectivity index (χ1v) is 7.98. The molecule has 0 bridgehead atoms. The topological polar surface area (TPSA) is 94.8 Å². The van der Waals surface area contributed by atoms with Crippen LogP contribution in [0.5, 0.6) is 0 Å². The molecule has 1 aromatic heterocycles. The number of carbonyl (C=O) groups is 2. The predicted octanol–water partition coefficient (Wildman–Crippen LogP) is -0.0696. The van der Waals surface area contributed by atoms with E-state index in [0.717, 1.165) is 5.69 Å². The Labute approximate surface area is 132 Å². The second-order valence-corrected chi connectivity index (χ2v) is 6.53. The van der Waals surface area contributed by atoms with Crippen molar-refractivity contribution in [3.8, 4) is 0 Å². The molecule has 2 amide bonds. The second kappa shape index (κ2) is 5.92. The van der Waals surface area contributed by atoms with E-state index in [1.165, 1.54) is 16.2 Å². The fourth-order valence-corrected chi connectivity index (χ4v) is 3.34. The average Bonchev–Trinajstić information content (AvgIpc) is 3.08. The number of cyclic esters (lactones) is 1. The molecular formula is C13H19N4O4S+. The first-order chi connectivity index (χ1) is 10.5. The molecule has 2 aliphatic rings. The maximum Gasteiger partial charge on any atom is 0.416 e. The highest BCUT2D eigenvalue weighted by Crippen LogP contribution is 2.27. The van der Waals surface area contributed by atoms with Crippen molar-refractivity contribution in [2.75, 3.05) is 44.8 Å². The Bertz CT molecular complexity index is 592. The van der Waals surface area contributed by atoms with E-state index >= 15 is 0 Å². The summed E-state index contributed by atoms with van der Waals surface area (Å²) < 4.78 is 10.6. The zero-order chi connectivity index (χ0) is 15.7. The molecule has 0 radical (unpaired) electrons. The molecule has 0 aliphatic carbocycles. The van der Waals surface area contributed by atoms with Gasteiger partial charge in [-0.05, 0) is 0 Å². The molecule has 2 fully saturated rings. The van der Waals surface area contributed by atoms with Crippen molar-refractivity contribution in [1.29, 1.82) is 0 Å². The number of hydrogen-bond acceptors (Lipinski definition) is 7. The number of nitrogens with two attached hydrogens (primary N) is 1. The van der Waals surface area contributed by atoms with Crippen LogP contribution in [0, 0.1) is 0 Å². The molecule has 0 aromatic carbocycles. The van der Waals surface area contributed by atoms with E-state index < -0.39 is 6.09 Å². The summed E-state index contributed by atoms with van der Waals surface area (Å²) >= 11 is 1.37. The van der Waals surface area contributed by atoms with Crippen LogP contribution in [-0.2, 0) is 20.8 Å². The van der Waals surface area contributed by atoms with Crippen molar-refractivity contribution in [2.24, 2.45) is 5.73 Å². The van der Waals surface area contributed by atoms with E-state index in [2.05, 4.69) is 4.98 Å². The van der Waals surface area contributed by atoms with E-state index in [0.29, 0.717) is 37.9 Å². The molecule has 3 heterocycles. The van der Waals surface area contributed by atoms with Gasteiger partial charge in [-0.1, -0.05) is 0 Å². The van der Waals surface area contributed by atoms with Crippen LogP contribution in [0.4, 0.5) is 9.93 Å². The second-order valence-electron chi connectivity index (χ2n) is 5.70. The average molecular weight is 327 g/mol. The lowest BCUT2D eigenvalue weighted by atomic mass is 10.3. The van der Waals surface area contributed by atoms with Crippen LogP contribution in [-0.4, -0.2) is 67.5 Å². The highest BCUT2D eigenvalue weighted by Gasteiger charge is 2.37. The number of likely N-dealkylation sites (N-methyl/N-ethyl adjacent to an activating group) is 1. The number of ether oxygens (including phenoxy) is 2. The zero-order valence-corrected chi connectivity index (χ0v) is 13.2. The maximum atomic E-state index is 12.0. The van der Waals surface area contributed by atoms with Gasteiger partial charge in [-0.15, -0.1) is 11.3 Å². The lowest BCUT2D eigenvalue weighted by Crippen LogP contribution is -2.55. The van der Waals surface area contributed by atoms with Crippen LogP contribution in [0.15, 0.2) is 5.38 Å². The summed E-state index contributed by atoms with van der Waals surface area (Å²) in [7, 11) is 1.89. The largest absolute Gasteiger partial charge is 0.443 e. The minimum Gasteiger partial charge on any atom is -0.443 e. The third kappa shape index (κ3) is 2.84. The van der Waals surface area contributed by atoms with E-state index in [1.54, 1.807) is 0 Å². The summed E-state index contributed by atoms with van der Waals surface area (Å²) in [6, 6.07) is 0. The summed E-state index contributed by atoms with van der Waals surface area (Å²) in [6.45, 7) is 2.56. The highest BCUT2D eigenvalue weighted by atomic mass is 32.1. The maximum absolute atomic E-state index is 12.0.